The second-order valence-electron chi connectivity index (χ2n) is 6.01. The lowest BCUT2D eigenvalue weighted by Crippen LogP contribution is -2.24. The second-order valence-corrected chi connectivity index (χ2v) is 6.01. The molecule has 0 spiro atoms. The number of rotatable bonds is 8. The molecule has 25 heavy (non-hydrogen) atoms. The molecule has 0 saturated heterocycles. The molecule has 6 nitrogen and oxygen atoms in total. The highest BCUT2D eigenvalue weighted by Gasteiger charge is 2.11. The van der Waals surface area contributed by atoms with E-state index >= 15 is 0 Å². The highest BCUT2D eigenvalue weighted by molar-refractivity contribution is 6.03. The largest absolute Gasteiger partial charge is 0.491 e. The van der Waals surface area contributed by atoms with Gasteiger partial charge in [-0.25, -0.2) is 0 Å². The van der Waals surface area contributed by atoms with Gasteiger partial charge in [0.15, 0.2) is 0 Å². The highest BCUT2D eigenvalue weighted by atomic mass is 16.5. The molecule has 132 valence electrons. The maximum atomic E-state index is 12.2. The molecular weight excluding hydrogens is 318 g/mol. The summed E-state index contributed by atoms with van der Waals surface area (Å²) in [5, 5.41) is 5.74. The quantitative estimate of drug-likeness (QED) is 0.688. The summed E-state index contributed by atoms with van der Waals surface area (Å²) in [6, 6.07) is 14.1. The summed E-state index contributed by atoms with van der Waals surface area (Å²) >= 11 is 0. The number of nitrogens with one attached hydrogen (secondary N) is 2. The summed E-state index contributed by atoms with van der Waals surface area (Å²) in [5.41, 5.74) is 6.72. The molecule has 0 bridgehead atoms. The minimum Gasteiger partial charge on any atom is -0.491 e. The first-order valence-corrected chi connectivity index (χ1v) is 8.11. The van der Waals surface area contributed by atoms with Gasteiger partial charge in [-0.05, 0) is 30.2 Å². The number of nitrogens with two attached hydrogens (primary N) is 1. The van der Waals surface area contributed by atoms with Crippen LogP contribution in [0.25, 0.3) is 0 Å². The van der Waals surface area contributed by atoms with Crippen molar-refractivity contribution in [1.29, 1.82) is 0 Å². The van der Waals surface area contributed by atoms with Crippen LogP contribution in [-0.4, -0.2) is 25.0 Å². The Balaban J connectivity index is 1.98. The molecule has 0 unspecified atom stereocenters. The molecule has 2 rings (SSSR count). The summed E-state index contributed by atoms with van der Waals surface area (Å²) < 4.78 is 5.74. The molecule has 0 heterocycles. The lowest BCUT2D eigenvalue weighted by Gasteiger charge is -2.15. The summed E-state index contributed by atoms with van der Waals surface area (Å²) in [7, 11) is 0. The Labute approximate surface area is 147 Å². The molecule has 0 fully saturated rings. The monoisotopic (exact) mass is 341 g/mol. The van der Waals surface area contributed by atoms with Crippen LogP contribution in [0.15, 0.2) is 48.5 Å². The molecule has 0 saturated carbocycles. The van der Waals surface area contributed by atoms with Crippen molar-refractivity contribution >= 4 is 23.2 Å². The molecular formula is C19H23N3O3. The van der Waals surface area contributed by atoms with Crippen LogP contribution in [0.1, 0.15) is 24.2 Å². The van der Waals surface area contributed by atoms with Gasteiger partial charge in [-0.15, -0.1) is 0 Å². The molecule has 0 aliphatic rings. The number of carbonyl (C=O) groups is 2. The van der Waals surface area contributed by atoms with E-state index in [1.807, 2.05) is 24.3 Å². The van der Waals surface area contributed by atoms with Crippen LogP contribution >= 0.6 is 0 Å². The lowest BCUT2D eigenvalue weighted by atomic mass is 10.1. The van der Waals surface area contributed by atoms with E-state index in [0.29, 0.717) is 24.0 Å². The number of ether oxygens (including phenoxy) is 1. The Morgan fingerprint density at radius 1 is 1.04 bits per heavy atom. The maximum absolute atomic E-state index is 12.2. The molecule has 0 aliphatic heterocycles. The number of anilines is 2. The van der Waals surface area contributed by atoms with Crippen molar-refractivity contribution in [2.75, 3.05) is 23.8 Å². The average Bonchev–Trinajstić information content (AvgIpc) is 2.59. The van der Waals surface area contributed by atoms with Crippen molar-refractivity contribution in [1.82, 2.24) is 0 Å². The number of primary amides is 1. The van der Waals surface area contributed by atoms with Crippen LogP contribution in [-0.2, 0) is 4.79 Å². The van der Waals surface area contributed by atoms with E-state index in [1.54, 1.807) is 24.3 Å². The average molecular weight is 341 g/mol. The lowest BCUT2D eigenvalue weighted by molar-refractivity contribution is -0.114. The summed E-state index contributed by atoms with van der Waals surface area (Å²) in [4.78, 5) is 23.6. The van der Waals surface area contributed by atoms with Crippen molar-refractivity contribution in [3.05, 3.63) is 54.1 Å². The highest BCUT2D eigenvalue weighted by Crippen LogP contribution is 2.24. The molecule has 4 N–H and O–H groups in total. The van der Waals surface area contributed by atoms with Gasteiger partial charge in [-0.1, -0.05) is 38.1 Å². The van der Waals surface area contributed by atoms with Gasteiger partial charge in [-0.3, -0.25) is 9.59 Å². The van der Waals surface area contributed by atoms with Gasteiger partial charge in [0.05, 0.1) is 30.1 Å². The fourth-order valence-electron chi connectivity index (χ4n) is 2.17. The standard InChI is InChI=1S/C19H23N3O3/c1-13(2)12-25-17-10-6-5-9-16(17)21-11-18(23)22-15-8-4-3-7-14(15)19(20)24/h3-10,13,21H,11-12H2,1-2H3,(H2,20,24)(H,22,23). The molecule has 2 aromatic carbocycles. The Morgan fingerprint density at radius 2 is 1.68 bits per heavy atom. The smallest absolute Gasteiger partial charge is 0.250 e. The third-order valence-electron chi connectivity index (χ3n) is 3.37. The van der Waals surface area contributed by atoms with Crippen molar-refractivity contribution in [3.8, 4) is 5.75 Å². The van der Waals surface area contributed by atoms with Gasteiger partial charge in [-0.2, -0.15) is 0 Å². The normalized spacial score (nSPS) is 10.4. The molecule has 0 atom stereocenters. The molecule has 2 amide bonds. The Bertz CT molecular complexity index is 744. The molecule has 0 aromatic heterocycles. The van der Waals surface area contributed by atoms with E-state index in [2.05, 4.69) is 24.5 Å². The van der Waals surface area contributed by atoms with Gasteiger partial charge in [0.1, 0.15) is 5.75 Å². The number of para-hydroxylation sites is 3. The number of carbonyl (C=O) groups excluding carboxylic acids is 2. The van der Waals surface area contributed by atoms with Crippen LogP contribution in [0.3, 0.4) is 0 Å². The third-order valence-corrected chi connectivity index (χ3v) is 3.37. The topological polar surface area (TPSA) is 93.4 Å². The second kappa shape index (κ2) is 8.73. The van der Waals surface area contributed by atoms with Gasteiger partial charge in [0.25, 0.3) is 5.91 Å². The number of hydrogen-bond donors (Lipinski definition) is 3. The predicted octanol–water partition coefficient (Wildman–Crippen LogP) is 2.87. The van der Waals surface area contributed by atoms with Gasteiger partial charge < -0.3 is 21.1 Å². The zero-order valence-electron chi connectivity index (χ0n) is 14.4. The minimum atomic E-state index is -0.587. The molecule has 2 aromatic rings. The zero-order valence-corrected chi connectivity index (χ0v) is 14.4. The molecule has 0 radical (unpaired) electrons. The molecule has 6 heteroatoms. The fourth-order valence-corrected chi connectivity index (χ4v) is 2.17. The van der Waals surface area contributed by atoms with E-state index in [4.69, 9.17) is 10.5 Å². The van der Waals surface area contributed by atoms with E-state index in [1.165, 1.54) is 0 Å². The van der Waals surface area contributed by atoms with E-state index in [0.717, 1.165) is 5.69 Å². The first-order chi connectivity index (χ1) is 12.0. The summed E-state index contributed by atoms with van der Waals surface area (Å²) in [5.74, 6) is 0.229. The SMILES string of the molecule is CC(C)COc1ccccc1NCC(=O)Nc1ccccc1C(N)=O. The van der Waals surface area contributed by atoms with E-state index < -0.39 is 5.91 Å². The van der Waals surface area contributed by atoms with Crippen molar-refractivity contribution in [3.63, 3.8) is 0 Å². The van der Waals surface area contributed by atoms with Crippen LogP contribution in [0.4, 0.5) is 11.4 Å². The fraction of sp³-hybridized carbons (Fsp3) is 0.263. The Hall–Kier alpha value is -3.02. The van der Waals surface area contributed by atoms with Gasteiger partial charge in [0, 0.05) is 0 Å². The van der Waals surface area contributed by atoms with Crippen molar-refractivity contribution in [2.45, 2.75) is 13.8 Å². The van der Waals surface area contributed by atoms with Crippen molar-refractivity contribution in [2.24, 2.45) is 11.7 Å². The summed E-state index contributed by atoms with van der Waals surface area (Å²) in [6.45, 7) is 4.77. The van der Waals surface area contributed by atoms with Crippen LogP contribution in [0.2, 0.25) is 0 Å². The number of benzene rings is 2. The summed E-state index contributed by atoms with van der Waals surface area (Å²) in [6.07, 6.45) is 0. The van der Waals surface area contributed by atoms with Gasteiger partial charge in [0.2, 0.25) is 5.91 Å². The number of amides is 2. The maximum Gasteiger partial charge on any atom is 0.250 e. The van der Waals surface area contributed by atoms with Crippen LogP contribution in [0.5, 0.6) is 5.75 Å². The van der Waals surface area contributed by atoms with Crippen molar-refractivity contribution < 1.29 is 14.3 Å². The van der Waals surface area contributed by atoms with Crippen LogP contribution < -0.4 is 21.1 Å². The predicted molar refractivity (Wildman–Crippen MR) is 98.9 cm³/mol. The van der Waals surface area contributed by atoms with E-state index in [9.17, 15) is 9.59 Å². The molecule has 0 aliphatic carbocycles. The zero-order chi connectivity index (χ0) is 18.2. The van der Waals surface area contributed by atoms with E-state index in [-0.39, 0.29) is 18.0 Å². The minimum absolute atomic E-state index is 0.0369. The Morgan fingerprint density at radius 3 is 2.36 bits per heavy atom. The van der Waals surface area contributed by atoms with Crippen LogP contribution in [0, 0.1) is 5.92 Å². The van der Waals surface area contributed by atoms with Gasteiger partial charge >= 0.3 is 0 Å². The third kappa shape index (κ3) is 5.53. The Kier molecular flexibility index (Phi) is 6.39. The number of hydrogen-bond acceptors (Lipinski definition) is 4. The first-order valence-electron chi connectivity index (χ1n) is 8.11. The first kappa shape index (κ1) is 18.3.